The summed E-state index contributed by atoms with van der Waals surface area (Å²) in [7, 11) is 0. The van der Waals surface area contributed by atoms with Gasteiger partial charge in [-0.3, -0.25) is 9.59 Å². The number of aliphatic carboxylic acids is 1. The summed E-state index contributed by atoms with van der Waals surface area (Å²) in [5, 5.41) is 23.1. The van der Waals surface area contributed by atoms with Crippen molar-refractivity contribution in [1.82, 2.24) is 10.6 Å². The second kappa shape index (κ2) is 11.8. The monoisotopic (exact) mass is 346 g/mol. The van der Waals surface area contributed by atoms with E-state index in [0.29, 0.717) is 25.8 Å². The minimum Gasteiger partial charge on any atom is -0.480 e. The average Bonchev–Trinajstić information content (AvgIpc) is 2.56. The maximum absolute atomic E-state index is 12.1. The molecule has 0 aliphatic heterocycles. The van der Waals surface area contributed by atoms with Gasteiger partial charge in [-0.1, -0.05) is 20.3 Å². The molecule has 0 aliphatic carbocycles. The van der Waals surface area contributed by atoms with Crippen LogP contribution in [0, 0.1) is 5.92 Å². The van der Waals surface area contributed by atoms with E-state index in [1.54, 1.807) is 6.92 Å². The van der Waals surface area contributed by atoms with Crippen LogP contribution in [0.15, 0.2) is 0 Å². The van der Waals surface area contributed by atoms with Crippen molar-refractivity contribution < 1.29 is 24.6 Å². The number of carboxylic acids is 1. The molecule has 0 heterocycles. The van der Waals surface area contributed by atoms with Crippen molar-refractivity contribution in [2.75, 3.05) is 13.2 Å². The molecule has 2 amide bonds. The Bertz CT molecular complexity index is 419. The zero-order valence-electron chi connectivity index (χ0n) is 14.3. The predicted octanol–water partition coefficient (Wildman–Crippen LogP) is -1.46. The zero-order chi connectivity index (χ0) is 18.7. The van der Waals surface area contributed by atoms with Gasteiger partial charge in [0.15, 0.2) is 0 Å². The fourth-order valence-corrected chi connectivity index (χ4v) is 2.00. The van der Waals surface area contributed by atoms with Crippen LogP contribution in [0.4, 0.5) is 0 Å². The number of nitrogens with one attached hydrogen (secondary N) is 2. The average molecular weight is 346 g/mol. The summed E-state index contributed by atoms with van der Waals surface area (Å²) >= 11 is 0. The lowest BCUT2D eigenvalue weighted by Gasteiger charge is -2.23. The number of amides is 2. The van der Waals surface area contributed by atoms with Gasteiger partial charge in [-0.15, -0.1) is 0 Å². The van der Waals surface area contributed by atoms with Gasteiger partial charge in [0.25, 0.3) is 0 Å². The van der Waals surface area contributed by atoms with Crippen LogP contribution in [0.3, 0.4) is 0 Å². The van der Waals surface area contributed by atoms with E-state index in [-0.39, 0.29) is 12.3 Å². The Morgan fingerprint density at radius 3 is 2.12 bits per heavy atom. The lowest BCUT2D eigenvalue weighted by Crippen LogP contribution is -2.56. The fraction of sp³-hybridized carbons (Fsp3) is 0.800. The quantitative estimate of drug-likeness (QED) is 0.235. The first kappa shape index (κ1) is 22.3. The molecular formula is C15H30N4O5. The number of hydrogen-bond donors (Lipinski definition) is 6. The first-order valence-electron chi connectivity index (χ1n) is 8.18. The Hall–Kier alpha value is -1.71. The molecular weight excluding hydrogens is 316 g/mol. The van der Waals surface area contributed by atoms with Crippen LogP contribution in [-0.4, -0.2) is 59.3 Å². The topological polar surface area (TPSA) is 168 Å². The normalized spacial score (nSPS) is 15.9. The highest BCUT2D eigenvalue weighted by Crippen LogP contribution is 2.06. The minimum absolute atomic E-state index is 0.0876. The molecule has 0 bridgehead atoms. The van der Waals surface area contributed by atoms with E-state index in [1.165, 1.54) is 0 Å². The van der Waals surface area contributed by atoms with Crippen LogP contribution in [-0.2, 0) is 14.4 Å². The molecule has 24 heavy (non-hydrogen) atoms. The maximum atomic E-state index is 12.1. The van der Waals surface area contributed by atoms with E-state index >= 15 is 0 Å². The summed E-state index contributed by atoms with van der Waals surface area (Å²) in [6.45, 7) is 3.46. The third kappa shape index (κ3) is 7.71. The van der Waals surface area contributed by atoms with E-state index < -0.39 is 42.5 Å². The summed E-state index contributed by atoms with van der Waals surface area (Å²) in [6.07, 6.45) is 2.09. The number of aliphatic hydroxyl groups is 1. The van der Waals surface area contributed by atoms with E-state index in [1.807, 2.05) is 6.92 Å². The molecule has 0 rings (SSSR count). The van der Waals surface area contributed by atoms with Gasteiger partial charge in [0.1, 0.15) is 12.1 Å². The predicted molar refractivity (Wildman–Crippen MR) is 88.9 cm³/mol. The highest BCUT2D eigenvalue weighted by Gasteiger charge is 2.28. The number of hydrogen-bond acceptors (Lipinski definition) is 6. The van der Waals surface area contributed by atoms with Crippen LogP contribution in [0.5, 0.6) is 0 Å². The van der Waals surface area contributed by atoms with Crippen molar-refractivity contribution in [1.29, 1.82) is 0 Å². The van der Waals surface area contributed by atoms with Gasteiger partial charge in [-0.2, -0.15) is 0 Å². The first-order chi connectivity index (χ1) is 11.3. The Balaban J connectivity index is 4.71. The molecule has 0 aromatic heterocycles. The van der Waals surface area contributed by atoms with Crippen molar-refractivity contribution in [3.63, 3.8) is 0 Å². The van der Waals surface area contributed by atoms with Gasteiger partial charge in [-0.05, 0) is 31.7 Å². The second-order valence-electron chi connectivity index (χ2n) is 5.84. The summed E-state index contributed by atoms with van der Waals surface area (Å²) in [6, 6.07) is -3.15. The number of aliphatic hydroxyl groups excluding tert-OH is 1. The first-order valence-corrected chi connectivity index (χ1v) is 8.18. The molecule has 0 spiro atoms. The summed E-state index contributed by atoms with van der Waals surface area (Å²) < 4.78 is 0. The highest BCUT2D eigenvalue weighted by atomic mass is 16.4. The number of carbonyl (C=O) groups is 3. The molecule has 140 valence electrons. The fourth-order valence-electron chi connectivity index (χ4n) is 2.00. The van der Waals surface area contributed by atoms with Crippen molar-refractivity contribution in [2.45, 2.75) is 57.7 Å². The molecule has 0 aromatic rings. The second-order valence-corrected chi connectivity index (χ2v) is 5.84. The molecule has 0 aromatic carbocycles. The van der Waals surface area contributed by atoms with Crippen LogP contribution < -0.4 is 22.1 Å². The zero-order valence-corrected chi connectivity index (χ0v) is 14.3. The van der Waals surface area contributed by atoms with Gasteiger partial charge in [0.2, 0.25) is 11.8 Å². The molecule has 9 nitrogen and oxygen atoms in total. The Morgan fingerprint density at radius 1 is 1.08 bits per heavy atom. The molecule has 0 radical (unpaired) electrons. The van der Waals surface area contributed by atoms with E-state index in [0.717, 1.165) is 0 Å². The Labute approximate surface area is 142 Å². The lowest BCUT2D eigenvalue weighted by atomic mass is 9.99. The van der Waals surface area contributed by atoms with Gasteiger partial charge in [0, 0.05) is 0 Å². The molecule has 0 saturated carbocycles. The van der Waals surface area contributed by atoms with E-state index in [2.05, 4.69) is 10.6 Å². The molecule has 0 aliphatic rings. The number of nitrogens with two attached hydrogens (primary N) is 2. The summed E-state index contributed by atoms with van der Waals surface area (Å²) in [5.74, 6) is -2.59. The van der Waals surface area contributed by atoms with Crippen molar-refractivity contribution >= 4 is 17.8 Å². The van der Waals surface area contributed by atoms with E-state index in [9.17, 15) is 19.5 Å². The minimum atomic E-state index is -1.25. The summed E-state index contributed by atoms with van der Waals surface area (Å²) in [5.41, 5.74) is 11.1. The summed E-state index contributed by atoms with van der Waals surface area (Å²) in [4.78, 5) is 35.3. The number of rotatable bonds is 12. The third-order valence-corrected chi connectivity index (χ3v) is 3.94. The number of carboxylic acid groups (broad SMARTS) is 1. The highest BCUT2D eigenvalue weighted by molar-refractivity contribution is 5.91. The molecule has 8 N–H and O–H groups in total. The number of carbonyl (C=O) groups excluding carboxylic acids is 2. The molecule has 9 heteroatoms. The lowest BCUT2D eigenvalue weighted by molar-refractivity contribution is -0.142. The number of unbranched alkanes of at least 4 members (excludes halogenated alkanes) is 1. The third-order valence-electron chi connectivity index (χ3n) is 3.94. The molecule has 0 fully saturated rings. The van der Waals surface area contributed by atoms with Gasteiger partial charge >= 0.3 is 5.97 Å². The van der Waals surface area contributed by atoms with Crippen LogP contribution in [0.1, 0.15) is 39.5 Å². The Morgan fingerprint density at radius 2 is 1.67 bits per heavy atom. The smallest absolute Gasteiger partial charge is 0.326 e. The van der Waals surface area contributed by atoms with Crippen LogP contribution >= 0.6 is 0 Å². The van der Waals surface area contributed by atoms with E-state index in [4.69, 9.17) is 16.6 Å². The van der Waals surface area contributed by atoms with Crippen LogP contribution in [0.2, 0.25) is 0 Å². The molecule has 0 saturated heterocycles. The molecule has 0 unspecified atom stereocenters. The van der Waals surface area contributed by atoms with Crippen molar-refractivity contribution in [2.24, 2.45) is 17.4 Å². The van der Waals surface area contributed by atoms with Crippen LogP contribution in [0.25, 0.3) is 0 Å². The molecule has 4 atom stereocenters. The van der Waals surface area contributed by atoms with Crippen molar-refractivity contribution in [3.8, 4) is 0 Å². The Kier molecular flexibility index (Phi) is 10.9. The SMILES string of the molecule is CC[C@H](C)[C@H](N)C(=O)N[C@@H](CO)C(=O)N[C@@H](CCCCN)C(=O)O. The van der Waals surface area contributed by atoms with Gasteiger partial charge in [0.05, 0.1) is 12.6 Å². The van der Waals surface area contributed by atoms with Gasteiger partial charge < -0.3 is 32.3 Å². The standard InChI is InChI=1S/C15H30N4O5/c1-3-9(2)12(17)14(22)19-11(8-20)13(21)18-10(15(23)24)6-4-5-7-16/h9-12,20H,3-8,16-17H2,1-2H3,(H,18,21)(H,19,22)(H,23,24)/t9-,10-,11-,12-/m0/s1. The maximum Gasteiger partial charge on any atom is 0.326 e. The van der Waals surface area contributed by atoms with Gasteiger partial charge in [-0.25, -0.2) is 4.79 Å². The largest absolute Gasteiger partial charge is 0.480 e. The van der Waals surface area contributed by atoms with Crippen molar-refractivity contribution in [3.05, 3.63) is 0 Å².